The molecule has 0 saturated carbocycles. The quantitative estimate of drug-likeness (QED) is 0.520. The van der Waals surface area contributed by atoms with E-state index < -0.39 is 0 Å². The molecule has 0 aliphatic carbocycles. The minimum atomic E-state index is -0.183. The summed E-state index contributed by atoms with van der Waals surface area (Å²) in [6.45, 7) is 1.77. The first-order valence-corrected chi connectivity index (χ1v) is 8.67. The number of benzene rings is 2. The first-order chi connectivity index (χ1) is 12.1. The van der Waals surface area contributed by atoms with Gasteiger partial charge in [-0.05, 0) is 36.2 Å². The second-order valence-electron chi connectivity index (χ2n) is 5.46. The molecule has 0 atom stereocenters. The average Bonchev–Trinajstić information content (AvgIpc) is 3.05. The Morgan fingerprint density at radius 3 is 2.76 bits per heavy atom. The van der Waals surface area contributed by atoms with Crippen LogP contribution in [-0.2, 0) is 11.2 Å². The minimum Gasteiger partial charge on any atom is -0.508 e. The van der Waals surface area contributed by atoms with Gasteiger partial charge in [-0.3, -0.25) is 4.79 Å². The molecule has 3 rings (SSSR count). The monoisotopic (exact) mass is 355 g/mol. The van der Waals surface area contributed by atoms with Crippen LogP contribution in [0.4, 0.5) is 5.69 Å². The Balaban J connectivity index is 1.51. The Hall–Kier alpha value is -2.80. The third-order valence-electron chi connectivity index (χ3n) is 3.45. The lowest BCUT2D eigenvalue weighted by Crippen LogP contribution is -2.14. The fourth-order valence-corrected chi connectivity index (χ4v) is 2.78. The van der Waals surface area contributed by atoms with Crippen molar-refractivity contribution in [3.05, 3.63) is 65.5 Å². The summed E-state index contributed by atoms with van der Waals surface area (Å²) in [6, 6.07) is 14.7. The number of aromatic nitrogens is 2. The minimum absolute atomic E-state index is 0.160. The van der Waals surface area contributed by atoms with Crippen molar-refractivity contribution in [1.82, 2.24) is 10.2 Å². The number of carbonyl (C=O) groups excluding carboxylic acids is 1. The molecular formula is C18H17N3O3S. The molecule has 7 heteroatoms. The van der Waals surface area contributed by atoms with E-state index in [2.05, 4.69) is 15.5 Å². The maximum Gasteiger partial charge on any atom is 0.277 e. The molecule has 0 unspecified atom stereocenters. The summed E-state index contributed by atoms with van der Waals surface area (Å²) in [6.07, 6.45) is 0.563. The molecule has 1 aromatic heterocycles. The molecule has 1 amide bonds. The van der Waals surface area contributed by atoms with Crippen LogP contribution < -0.4 is 5.32 Å². The Bertz CT molecular complexity index is 865. The highest BCUT2D eigenvalue weighted by atomic mass is 32.2. The molecule has 0 fully saturated rings. The van der Waals surface area contributed by atoms with Crippen LogP contribution in [0.1, 0.15) is 17.0 Å². The molecule has 6 nitrogen and oxygen atoms in total. The number of amides is 1. The third kappa shape index (κ3) is 4.84. The summed E-state index contributed by atoms with van der Waals surface area (Å²) in [7, 11) is 0. The zero-order valence-electron chi connectivity index (χ0n) is 13.6. The van der Waals surface area contributed by atoms with Gasteiger partial charge in [0.25, 0.3) is 5.22 Å². The van der Waals surface area contributed by atoms with Gasteiger partial charge in [0.05, 0.1) is 12.2 Å². The van der Waals surface area contributed by atoms with E-state index >= 15 is 0 Å². The van der Waals surface area contributed by atoms with Crippen LogP contribution in [0.5, 0.6) is 5.75 Å². The molecule has 0 aliphatic rings. The molecule has 0 saturated heterocycles. The van der Waals surface area contributed by atoms with Gasteiger partial charge in [0.15, 0.2) is 0 Å². The third-order valence-corrected chi connectivity index (χ3v) is 4.27. The van der Waals surface area contributed by atoms with Gasteiger partial charge in [-0.2, -0.15) is 0 Å². The molecule has 0 spiro atoms. The van der Waals surface area contributed by atoms with Gasteiger partial charge in [-0.25, -0.2) is 0 Å². The number of nitrogens with zero attached hydrogens (tertiary/aromatic N) is 2. The molecule has 25 heavy (non-hydrogen) atoms. The molecule has 0 bridgehead atoms. The first-order valence-electron chi connectivity index (χ1n) is 7.69. The van der Waals surface area contributed by atoms with Crippen LogP contribution in [0.2, 0.25) is 0 Å². The lowest BCUT2D eigenvalue weighted by molar-refractivity contribution is -0.113. The number of hydrogen-bond donors (Lipinski definition) is 2. The fourth-order valence-electron chi connectivity index (χ4n) is 2.20. The van der Waals surface area contributed by atoms with Crippen molar-refractivity contribution in [2.75, 3.05) is 11.1 Å². The van der Waals surface area contributed by atoms with E-state index in [1.807, 2.05) is 30.3 Å². The van der Waals surface area contributed by atoms with Crippen molar-refractivity contribution in [3.8, 4) is 5.75 Å². The van der Waals surface area contributed by atoms with Gasteiger partial charge in [-0.15, -0.1) is 10.2 Å². The SMILES string of the molecule is Cc1cc(NC(=O)CSc2nnc(Cc3ccccc3)o2)ccc1O. The molecular weight excluding hydrogens is 338 g/mol. The predicted octanol–water partition coefficient (Wildman–Crippen LogP) is 3.41. The van der Waals surface area contributed by atoms with Crippen molar-refractivity contribution >= 4 is 23.4 Å². The lowest BCUT2D eigenvalue weighted by atomic mass is 10.2. The molecule has 1 heterocycles. The van der Waals surface area contributed by atoms with Crippen molar-refractivity contribution in [2.24, 2.45) is 0 Å². The van der Waals surface area contributed by atoms with Crippen molar-refractivity contribution in [3.63, 3.8) is 0 Å². The summed E-state index contributed by atoms with van der Waals surface area (Å²) in [5.41, 5.74) is 2.42. The Morgan fingerprint density at radius 1 is 1.20 bits per heavy atom. The first kappa shape index (κ1) is 17.0. The van der Waals surface area contributed by atoms with E-state index in [-0.39, 0.29) is 17.4 Å². The van der Waals surface area contributed by atoms with Gasteiger partial charge >= 0.3 is 0 Å². The van der Waals surface area contributed by atoms with Gasteiger partial charge in [0, 0.05) is 5.69 Å². The van der Waals surface area contributed by atoms with Gasteiger partial charge in [0.2, 0.25) is 11.8 Å². The smallest absolute Gasteiger partial charge is 0.277 e. The highest BCUT2D eigenvalue weighted by Gasteiger charge is 2.11. The molecule has 2 N–H and O–H groups in total. The van der Waals surface area contributed by atoms with E-state index in [0.29, 0.717) is 28.8 Å². The molecule has 128 valence electrons. The van der Waals surface area contributed by atoms with Gasteiger partial charge in [-0.1, -0.05) is 42.1 Å². The zero-order valence-corrected chi connectivity index (χ0v) is 14.4. The van der Waals surface area contributed by atoms with Crippen molar-refractivity contribution in [1.29, 1.82) is 0 Å². The largest absolute Gasteiger partial charge is 0.508 e. The number of carbonyl (C=O) groups is 1. The predicted molar refractivity (Wildman–Crippen MR) is 95.7 cm³/mol. The topological polar surface area (TPSA) is 88.3 Å². The van der Waals surface area contributed by atoms with Crippen LogP contribution in [0, 0.1) is 6.92 Å². The van der Waals surface area contributed by atoms with Crippen LogP contribution in [0.25, 0.3) is 0 Å². The molecule has 0 radical (unpaired) electrons. The van der Waals surface area contributed by atoms with E-state index in [1.165, 1.54) is 11.8 Å². The second kappa shape index (κ2) is 7.85. The standard InChI is InChI=1S/C18H17N3O3S/c1-12-9-14(7-8-15(12)22)19-16(23)11-25-18-21-20-17(24-18)10-13-5-3-2-4-6-13/h2-9,22H,10-11H2,1H3,(H,19,23). The number of phenolic OH excluding ortho intramolecular Hbond substituents is 1. The van der Waals surface area contributed by atoms with Crippen LogP contribution in [0.15, 0.2) is 58.2 Å². The summed E-state index contributed by atoms with van der Waals surface area (Å²) < 4.78 is 5.55. The lowest BCUT2D eigenvalue weighted by Gasteiger charge is -2.06. The van der Waals surface area contributed by atoms with E-state index in [1.54, 1.807) is 25.1 Å². The molecule has 2 aromatic carbocycles. The number of anilines is 1. The number of nitrogens with one attached hydrogen (secondary N) is 1. The summed E-state index contributed by atoms with van der Waals surface area (Å²) in [5, 5.41) is 20.6. The molecule has 0 aliphatic heterocycles. The Labute approximate surface area is 149 Å². The normalized spacial score (nSPS) is 10.6. The molecule has 3 aromatic rings. The van der Waals surface area contributed by atoms with Crippen molar-refractivity contribution in [2.45, 2.75) is 18.6 Å². The highest BCUT2D eigenvalue weighted by molar-refractivity contribution is 7.99. The van der Waals surface area contributed by atoms with E-state index in [0.717, 1.165) is 5.56 Å². The van der Waals surface area contributed by atoms with Gasteiger partial charge in [0.1, 0.15) is 5.75 Å². The fraction of sp³-hybridized carbons (Fsp3) is 0.167. The van der Waals surface area contributed by atoms with E-state index in [4.69, 9.17) is 4.42 Å². The van der Waals surface area contributed by atoms with Crippen LogP contribution in [-0.4, -0.2) is 27.0 Å². The average molecular weight is 355 g/mol. The number of thioether (sulfide) groups is 1. The second-order valence-corrected chi connectivity index (χ2v) is 6.39. The highest BCUT2D eigenvalue weighted by Crippen LogP contribution is 2.21. The number of phenols is 1. The summed E-state index contributed by atoms with van der Waals surface area (Å²) in [5.74, 6) is 0.692. The van der Waals surface area contributed by atoms with Gasteiger partial charge < -0.3 is 14.8 Å². The van der Waals surface area contributed by atoms with Crippen LogP contribution >= 0.6 is 11.8 Å². The number of aryl methyl sites for hydroxylation is 1. The van der Waals surface area contributed by atoms with Crippen LogP contribution in [0.3, 0.4) is 0 Å². The van der Waals surface area contributed by atoms with Crippen molar-refractivity contribution < 1.29 is 14.3 Å². The maximum atomic E-state index is 12.0. The summed E-state index contributed by atoms with van der Waals surface area (Å²) >= 11 is 1.18. The summed E-state index contributed by atoms with van der Waals surface area (Å²) in [4.78, 5) is 12.0. The number of hydrogen-bond acceptors (Lipinski definition) is 6. The maximum absolute atomic E-state index is 12.0. The number of aromatic hydroxyl groups is 1. The van der Waals surface area contributed by atoms with E-state index in [9.17, 15) is 9.90 Å². The Morgan fingerprint density at radius 2 is 2.00 bits per heavy atom. The zero-order chi connectivity index (χ0) is 17.6. The Kier molecular flexibility index (Phi) is 5.35. The number of rotatable bonds is 6.